The van der Waals surface area contributed by atoms with Crippen molar-refractivity contribution in [2.45, 2.75) is 22.6 Å². The smallest absolute Gasteiger partial charge is 0.305 e. The summed E-state index contributed by atoms with van der Waals surface area (Å²) in [5, 5.41) is 3.51. The van der Waals surface area contributed by atoms with Crippen LogP contribution in [0.4, 0.5) is 20.2 Å². The predicted octanol–water partition coefficient (Wildman–Crippen LogP) is 5.41. The van der Waals surface area contributed by atoms with Crippen LogP contribution in [-0.4, -0.2) is 34.6 Å². The van der Waals surface area contributed by atoms with Gasteiger partial charge in [0.05, 0.1) is 22.5 Å². The summed E-state index contributed by atoms with van der Waals surface area (Å²) in [6.45, 7) is -0.238. The van der Waals surface area contributed by atoms with E-state index in [1.165, 1.54) is 64.8 Å². The summed E-state index contributed by atoms with van der Waals surface area (Å²) >= 11 is 2.79. The van der Waals surface area contributed by atoms with Crippen LogP contribution in [0.25, 0.3) is 0 Å². The van der Waals surface area contributed by atoms with Gasteiger partial charge in [0.15, 0.2) is 6.61 Å². The highest BCUT2D eigenvalue weighted by atomic mass is 32.2. The Kier molecular flexibility index (Phi) is 6.68. The van der Waals surface area contributed by atoms with Gasteiger partial charge in [-0.25, -0.2) is 8.78 Å². The molecule has 8 rings (SSSR count). The van der Waals surface area contributed by atoms with Crippen LogP contribution < -0.4 is 19.8 Å². The first-order valence-corrected chi connectivity index (χ1v) is 16.3. The number of hydrogen-bond acceptors (Lipinski definition) is 7. The fraction of sp³-hybridized carbons (Fsp3) is 0.273. The van der Waals surface area contributed by atoms with Crippen LogP contribution in [0.3, 0.4) is 0 Å². The molecule has 8 nitrogen and oxygen atoms in total. The summed E-state index contributed by atoms with van der Waals surface area (Å²) in [5.41, 5.74) is 1.81. The van der Waals surface area contributed by atoms with E-state index in [-0.39, 0.29) is 58.1 Å². The second-order valence-corrected chi connectivity index (χ2v) is 14.1. The van der Waals surface area contributed by atoms with Crippen molar-refractivity contribution in [2.75, 3.05) is 16.8 Å². The highest BCUT2D eigenvalue weighted by molar-refractivity contribution is 8.00. The molecule has 1 aromatic heterocycles. The van der Waals surface area contributed by atoms with Crippen molar-refractivity contribution in [1.82, 2.24) is 4.98 Å². The number of amides is 3. The molecule has 2 N–H and O–H groups in total. The molecule has 2 aliphatic carbocycles. The Balaban J connectivity index is 1.05. The number of benzene rings is 3. The number of imide groups is 1. The first kappa shape index (κ1) is 28.2. The van der Waals surface area contributed by atoms with Crippen LogP contribution in [0.2, 0.25) is 0 Å². The fourth-order valence-electron chi connectivity index (χ4n) is 7.89. The Morgan fingerprint density at radius 2 is 1.53 bits per heavy atom. The van der Waals surface area contributed by atoms with Gasteiger partial charge in [-0.2, -0.15) is 0 Å². The topological polar surface area (TPSA) is 109 Å². The lowest BCUT2D eigenvalue weighted by atomic mass is 9.68. The number of aromatic nitrogens is 1. The number of thiazole rings is 1. The number of H-pyrrole nitrogens is 1. The molecule has 3 aromatic carbocycles. The Bertz CT molecular complexity index is 1890. The molecule has 0 radical (unpaired) electrons. The number of carbonyl (C=O) groups excluding carboxylic acids is 3. The van der Waals surface area contributed by atoms with Crippen molar-refractivity contribution in [3.05, 3.63) is 105 Å². The molecule has 1 saturated heterocycles. The van der Waals surface area contributed by atoms with Gasteiger partial charge in [0.1, 0.15) is 17.4 Å². The first-order valence-electron chi connectivity index (χ1n) is 14.6. The monoisotopic (exact) mass is 645 g/mol. The normalized spacial score (nSPS) is 27.7. The summed E-state index contributed by atoms with van der Waals surface area (Å²) < 4.78 is 32.5. The van der Waals surface area contributed by atoms with Crippen LogP contribution in [0, 0.1) is 41.2 Å². The maximum atomic E-state index is 13.8. The van der Waals surface area contributed by atoms with E-state index >= 15 is 0 Å². The molecule has 12 heteroatoms. The van der Waals surface area contributed by atoms with Gasteiger partial charge in [-0.05, 0) is 90.4 Å². The average Bonchev–Trinajstić information content (AvgIpc) is 3.77. The quantitative estimate of drug-likeness (QED) is 0.272. The van der Waals surface area contributed by atoms with Crippen LogP contribution in [-0.2, 0) is 14.4 Å². The second-order valence-electron chi connectivity index (χ2n) is 11.9. The van der Waals surface area contributed by atoms with E-state index in [2.05, 4.69) is 10.3 Å². The number of ether oxygens (including phenoxy) is 1. The predicted molar refractivity (Wildman–Crippen MR) is 164 cm³/mol. The zero-order valence-corrected chi connectivity index (χ0v) is 25.1. The van der Waals surface area contributed by atoms with Crippen LogP contribution in [0.15, 0.2) is 82.6 Å². The number of nitrogens with one attached hydrogen (secondary N) is 2. The van der Waals surface area contributed by atoms with Crippen molar-refractivity contribution < 1.29 is 27.9 Å². The number of anilines is 2. The lowest BCUT2D eigenvalue weighted by molar-refractivity contribution is -0.123. The lowest BCUT2D eigenvalue weighted by Gasteiger charge is -2.43. The van der Waals surface area contributed by atoms with Crippen LogP contribution in [0.5, 0.6) is 5.75 Å². The van der Waals surface area contributed by atoms with Crippen molar-refractivity contribution in [3.63, 3.8) is 0 Å². The molecular weight excluding hydrogens is 621 g/mol. The van der Waals surface area contributed by atoms with E-state index in [9.17, 15) is 28.0 Å². The maximum absolute atomic E-state index is 13.8. The summed E-state index contributed by atoms with van der Waals surface area (Å²) in [7, 11) is 0. The highest BCUT2D eigenvalue weighted by Gasteiger charge is 2.69. The molecule has 2 saturated carbocycles. The zero-order chi connectivity index (χ0) is 31.0. The van der Waals surface area contributed by atoms with Crippen molar-refractivity contribution in [1.29, 1.82) is 0 Å². The lowest BCUT2D eigenvalue weighted by Crippen LogP contribution is -2.42. The maximum Gasteiger partial charge on any atom is 0.305 e. The molecule has 3 heterocycles. The van der Waals surface area contributed by atoms with Gasteiger partial charge in [-0.15, -0.1) is 11.8 Å². The third-order valence-electron chi connectivity index (χ3n) is 9.55. The first-order chi connectivity index (χ1) is 21.8. The van der Waals surface area contributed by atoms with Crippen molar-refractivity contribution >= 4 is 52.2 Å². The number of rotatable bonds is 6. The zero-order valence-electron chi connectivity index (χ0n) is 23.4. The molecule has 2 bridgehead atoms. The van der Waals surface area contributed by atoms with E-state index in [4.69, 9.17) is 4.74 Å². The summed E-state index contributed by atoms with van der Waals surface area (Å²) in [5.74, 6) is -2.32. The minimum Gasteiger partial charge on any atom is -0.484 e. The minimum atomic E-state index is -0.462. The summed E-state index contributed by atoms with van der Waals surface area (Å²) in [6, 6.07) is 18.3. The largest absolute Gasteiger partial charge is 0.484 e. The number of nitrogens with zero attached hydrogens (tertiary/aromatic N) is 1. The number of halogens is 2. The summed E-state index contributed by atoms with van der Waals surface area (Å²) in [4.78, 5) is 57.4. The molecule has 3 fully saturated rings. The number of thioether (sulfide) groups is 1. The van der Waals surface area contributed by atoms with E-state index in [1.54, 1.807) is 23.9 Å². The van der Waals surface area contributed by atoms with E-state index in [1.807, 2.05) is 12.1 Å². The molecular formula is C33H25F2N3O5S2. The third-order valence-corrected chi connectivity index (χ3v) is 12.1. The Morgan fingerprint density at radius 3 is 2.22 bits per heavy atom. The SMILES string of the molecule is O=C(COc1ccc([C@H]2c3sc(=O)[nH]c3SC3C2[C@H]2C[C@@H]3C3C(=O)N(c4ccc(F)cc4)C(=O)C32)cc1)Nc1ccc(F)cc1. The van der Waals surface area contributed by atoms with E-state index in [0.29, 0.717) is 17.1 Å². The van der Waals surface area contributed by atoms with E-state index < -0.39 is 23.5 Å². The molecule has 4 aromatic rings. The molecule has 0 spiro atoms. The molecule has 45 heavy (non-hydrogen) atoms. The second kappa shape index (κ2) is 10.7. The Morgan fingerprint density at radius 1 is 0.889 bits per heavy atom. The molecule has 3 amide bonds. The van der Waals surface area contributed by atoms with Gasteiger partial charge in [0.2, 0.25) is 11.8 Å². The molecule has 4 aliphatic rings. The summed E-state index contributed by atoms with van der Waals surface area (Å²) in [6.07, 6.45) is 0.756. The standard InChI is InChI=1S/C33H25F2N3O5S2/c34-16-3-7-18(8-4-16)36-23(39)14-43-20-11-1-15(2-12-20)24-25-21-13-22(28(25)44-30-29(24)45-33(42)37-30)27-26(21)31(40)38(32(27)41)19-9-5-17(35)6-10-19/h1-12,21-22,24-28H,13-14H2,(H,36,39)(H,37,42)/t21-,22-,24-,25?,26?,27?,28?/m1/s1. The van der Waals surface area contributed by atoms with Gasteiger partial charge < -0.3 is 15.0 Å². The highest BCUT2D eigenvalue weighted by Crippen LogP contribution is 2.68. The minimum absolute atomic E-state index is 0.0263. The van der Waals surface area contributed by atoms with Crippen molar-refractivity contribution in [2.24, 2.45) is 29.6 Å². The third kappa shape index (κ3) is 4.61. The fourth-order valence-corrected chi connectivity index (χ4v) is 10.8. The van der Waals surface area contributed by atoms with Gasteiger partial charge in [-0.1, -0.05) is 23.5 Å². The van der Waals surface area contributed by atoms with Gasteiger partial charge in [0, 0.05) is 21.7 Å². The number of hydrogen-bond donors (Lipinski definition) is 2. The van der Waals surface area contributed by atoms with E-state index in [0.717, 1.165) is 21.9 Å². The van der Waals surface area contributed by atoms with Gasteiger partial charge in [-0.3, -0.25) is 24.1 Å². The molecule has 2 aliphatic heterocycles. The number of carbonyl (C=O) groups is 3. The molecule has 228 valence electrons. The van der Waals surface area contributed by atoms with Crippen molar-refractivity contribution in [3.8, 4) is 5.75 Å². The molecule has 7 atom stereocenters. The number of aromatic amines is 1. The average molecular weight is 646 g/mol. The van der Waals surface area contributed by atoms with Gasteiger partial charge in [0.25, 0.3) is 5.91 Å². The van der Waals surface area contributed by atoms with Crippen LogP contribution in [0.1, 0.15) is 22.8 Å². The van der Waals surface area contributed by atoms with Crippen LogP contribution >= 0.6 is 23.1 Å². The Hall–Kier alpha value is -4.29. The Labute approximate surface area is 263 Å². The molecule has 4 unspecified atom stereocenters. The van der Waals surface area contributed by atoms with Gasteiger partial charge >= 0.3 is 4.87 Å². The number of fused-ring (bicyclic) bond motifs is 9.